The van der Waals surface area contributed by atoms with Crippen molar-refractivity contribution in [2.75, 3.05) is 5.32 Å². The van der Waals surface area contributed by atoms with Gasteiger partial charge in [-0.1, -0.05) is 12.1 Å². The van der Waals surface area contributed by atoms with E-state index in [9.17, 15) is 9.90 Å². The van der Waals surface area contributed by atoms with Crippen LogP contribution in [0.4, 0.5) is 5.69 Å². The third kappa shape index (κ3) is 4.01. The number of hydrogen-bond donors (Lipinski definition) is 2. The first-order chi connectivity index (χ1) is 10.4. The molecule has 0 heterocycles. The molecule has 0 spiro atoms. The monoisotopic (exact) mass is 363 g/mol. The lowest BCUT2D eigenvalue weighted by Crippen LogP contribution is -2.30. The van der Waals surface area contributed by atoms with Gasteiger partial charge >= 0.3 is 0 Å². The molecule has 4 nitrogen and oxygen atoms in total. The van der Waals surface area contributed by atoms with Gasteiger partial charge in [0.2, 0.25) is 0 Å². The number of ether oxygens (including phenoxy) is 1. The SMILES string of the molecule is Cc1ccc(OC(C)C(=O)Nc2cc(C)ccc2O)c(Br)c1. The molecule has 0 aliphatic rings. The minimum absolute atomic E-state index is 0.0302. The Labute approximate surface area is 138 Å². The summed E-state index contributed by atoms with van der Waals surface area (Å²) in [4.78, 5) is 12.2. The molecule has 116 valence electrons. The second-order valence-corrected chi connectivity index (χ2v) is 6.06. The maximum Gasteiger partial charge on any atom is 0.265 e. The normalized spacial score (nSPS) is 11.8. The van der Waals surface area contributed by atoms with E-state index in [2.05, 4.69) is 21.2 Å². The smallest absolute Gasteiger partial charge is 0.265 e. The highest BCUT2D eigenvalue weighted by atomic mass is 79.9. The summed E-state index contributed by atoms with van der Waals surface area (Å²) in [5.74, 6) is 0.303. The summed E-state index contributed by atoms with van der Waals surface area (Å²) in [5, 5.41) is 12.4. The number of phenolic OH excluding ortho intramolecular Hbond substituents is 1. The molecule has 5 heteroatoms. The van der Waals surface area contributed by atoms with E-state index in [1.807, 2.05) is 32.0 Å². The number of hydrogen-bond acceptors (Lipinski definition) is 3. The van der Waals surface area contributed by atoms with Crippen molar-refractivity contribution in [2.24, 2.45) is 0 Å². The van der Waals surface area contributed by atoms with Crippen molar-refractivity contribution in [3.8, 4) is 11.5 Å². The molecule has 1 amide bonds. The number of phenols is 1. The minimum Gasteiger partial charge on any atom is -0.506 e. The molecule has 2 aromatic rings. The van der Waals surface area contributed by atoms with Crippen LogP contribution in [0.5, 0.6) is 11.5 Å². The number of nitrogens with one attached hydrogen (secondary N) is 1. The Morgan fingerprint density at radius 1 is 1.18 bits per heavy atom. The molecule has 2 N–H and O–H groups in total. The van der Waals surface area contributed by atoms with Gasteiger partial charge in [0.05, 0.1) is 10.2 Å². The van der Waals surface area contributed by atoms with Gasteiger partial charge in [-0.15, -0.1) is 0 Å². The number of carbonyl (C=O) groups is 1. The molecule has 0 saturated heterocycles. The van der Waals surface area contributed by atoms with Crippen LogP contribution in [0.2, 0.25) is 0 Å². The van der Waals surface area contributed by atoms with Gasteiger partial charge in [0.15, 0.2) is 6.10 Å². The number of amides is 1. The molecule has 22 heavy (non-hydrogen) atoms. The van der Waals surface area contributed by atoms with E-state index >= 15 is 0 Å². The average Bonchev–Trinajstić information content (AvgIpc) is 2.45. The van der Waals surface area contributed by atoms with Gasteiger partial charge in [-0.05, 0) is 72.1 Å². The zero-order valence-corrected chi connectivity index (χ0v) is 14.3. The number of rotatable bonds is 4. The van der Waals surface area contributed by atoms with E-state index < -0.39 is 6.10 Å². The number of halogens is 1. The highest BCUT2D eigenvalue weighted by Gasteiger charge is 2.17. The van der Waals surface area contributed by atoms with Crippen molar-refractivity contribution >= 4 is 27.5 Å². The van der Waals surface area contributed by atoms with Crippen LogP contribution in [0.1, 0.15) is 18.1 Å². The van der Waals surface area contributed by atoms with E-state index in [4.69, 9.17) is 4.74 Å². The molecule has 0 aliphatic heterocycles. The predicted octanol–water partition coefficient (Wildman–Crippen LogP) is 4.18. The number of carbonyl (C=O) groups excluding carboxylic acids is 1. The van der Waals surface area contributed by atoms with Gasteiger partial charge in [0.25, 0.3) is 5.91 Å². The lowest BCUT2D eigenvalue weighted by atomic mass is 10.2. The summed E-state index contributed by atoms with van der Waals surface area (Å²) >= 11 is 3.42. The topological polar surface area (TPSA) is 58.6 Å². The highest BCUT2D eigenvalue weighted by molar-refractivity contribution is 9.10. The van der Waals surface area contributed by atoms with Crippen LogP contribution in [0.3, 0.4) is 0 Å². The van der Waals surface area contributed by atoms with Gasteiger partial charge in [0, 0.05) is 0 Å². The van der Waals surface area contributed by atoms with Gasteiger partial charge < -0.3 is 15.2 Å². The van der Waals surface area contributed by atoms with Gasteiger partial charge in [-0.3, -0.25) is 4.79 Å². The lowest BCUT2D eigenvalue weighted by Gasteiger charge is -2.16. The molecule has 0 aromatic heterocycles. The largest absolute Gasteiger partial charge is 0.506 e. The first-order valence-electron chi connectivity index (χ1n) is 6.90. The molecular formula is C17H18BrNO3. The van der Waals surface area contributed by atoms with E-state index in [-0.39, 0.29) is 11.7 Å². The van der Waals surface area contributed by atoms with E-state index in [1.165, 1.54) is 0 Å². The van der Waals surface area contributed by atoms with Gasteiger partial charge in [-0.25, -0.2) is 0 Å². The molecule has 0 radical (unpaired) electrons. The van der Waals surface area contributed by atoms with Crippen molar-refractivity contribution < 1.29 is 14.6 Å². The first kappa shape index (κ1) is 16.4. The summed E-state index contributed by atoms with van der Waals surface area (Å²) in [5.41, 5.74) is 2.42. The van der Waals surface area contributed by atoms with Gasteiger partial charge in [-0.2, -0.15) is 0 Å². The van der Waals surface area contributed by atoms with Crippen LogP contribution in [0, 0.1) is 13.8 Å². The number of benzene rings is 2. The molecule has 2 rings (SSSR count). The van der Waals surface area contributed by atoms with Crippen molar-refractivity contribution in [1.29, 1.82) is 0 Å². The van der Waals surface area contributed by atoms with Crippen LogP contribution in [0.25, 0.3) is 0 Å². The van der Waals surface area contributed by atoms with Crippen LogP contribution >= 0.6 is 15.9 Å². The maximum absolute atomic E-state index is 12.2. The predicted molar refractivity (Wildman–Crippen MR) is 90.4 cm³/mol. The van der Waals surface area contributed by atoms with E-state index in [0.717, 1.165) is 15.6 Å². The van der Waals surface area contributed by atoms with Crippen LogP contribution < -0.4 is 10.1 Å². The Balaban J connectivity index is 2.07. The van der Waals surface area contributed by atoms with Crippen molar-refractivity contribution in [1.82, 2.24) is 0 Å². The van der Waals surface area contributed by atoms with Crippen LogP contribution in [0.15, 0.2) is 40.9 Å². The number of aryl methyl sites for hydroxylation is 2. The molecule has 0 aliphatic carbocycles. The van der Waals surface area contributed by atoms with Crippen molar-refractivity contribution in [2.45, 2.75) is 26.9 Å². The average molecular weight is 364 g/mol. The van der Waals surface area contributed by atoms with Crippen molar-refractivity contribution in [3.63, 3.8) is 0 Å². The Morgan fingerprint density at radius 3 is 2.50 bits per heavy atom. The fourth-order valence-corrected chi connectivity index (χ4v) is 2.52. The Kier molecular flexibility index (Phi) is 5.08. The molecular weight excluding hydrogens is 346 g/mol. The van der Waals surface area contributed by atoms with Crippen molar-refractivity contribution in [3.05, 3.63) is 52.0 Å². The molecule has 0 bridgehead atoms. The Bertz CT molecular complexity index is 700. The summed E-state index contributed by atoms with van der Waals surface area (Å²) in [6, 6.07) is 10.7. The first-order valence-corrected chi connectivity index (χ1v) is 7.69. The van der Waals surface area contributed by atoms with E-state index in [1.54, 1.807) is 25.1 Å². The standard InChI is InChI=1S/C17H18BrNO3/c1-10-5-7-16(13(18)8-10)22-12(3)17(21)19-14-9-11(2)4-6-15(14)20/h4-9,12,20H,1-3H3,(H,19,21). The second-order valence-electron chi connectivity index (χ2n) is 5.20. The molecule has 1 atom stereocenters. The zero-order chi connectivity index (χ0) is 16.3. The summed E-state index contributed by atoms with van der Waals surface area (Å²) in [6.45, 7) is 5.53. The van der Waals surface area contributed by atoms with Crippen LogP contribution in [-0.2, 0) is 4.79 Å². The summed E-state index contributed by atoms with van der Waals surface area (Å²) in [7, 11) is 0. The summed E-state index contributed by atoms with van der Waals surface area (Å²) in [6.07, 6.45) is -0.695. The highest BCUT2D eigenvalue weighted by Crippen LogP contribution is 2.28. The van der Waals surface area contributed by atoms with E-state index in [0.29, 0.717) is 11.4 Å². The Hall–Kier alpha value is -2.01. The fraction of sp³-hybridized carbons (Fsp3) is 0.235. The molecule has 1 unspecified atom stereocenters. The second kappa shape index (κ2) is 6.83. The Morgan fingerprint density at radius 2 is 1.82 bits per heavy atom. The number of anilines is 1. The quantitative estimate of drug-likeness (QED) is 0.801. The lowest BCUT2D eigenvalue weighted by molar-refractivity contribution is -0.122. The molecule has 0 saturated carbocycles. The fourth-order valence-electron chi connectivity index (χ4n) is 1.93. The third-order valence-electron chi connectivity index (χ3n) is 3.17. The summed E-state index contributed by atoms with van der Waals surface area (Å²) < 4.78 is 6.46. The number of aromatic hydroxyl groups is 1. The maximum atomic E-state index is 12.2. The molecule has 2 aromatic carbocycles. The molecule has 0 fully saturated rings. The van der Waals surface area contributed by atoms with Crippen LogP contribution in [-0.4, -0.2) is 17.1 Å². The minimum atomic E-state index is -0.695. The third-order valence-corrected chi connectivity index (χ3v) is 3.79. The zero-order valence-electron chi connectivity index (χ0n) is 12.7. The van der Waals surface area contributed by atoms with Gasteiger partial charge in [0.1, 0.15) is 11.5 Å².